The van der Waals surface area contributed by atoms with Crippen LogP contribution in [0.5, 0.6) is 0 Å². The van der Waals surface area contributed by atoms with Crippen molar-refractivity contribution >= 4 is 0 Å². The van der Waals surface area contributed by atoms with Crippen LogP contribution in [-0.2, 0) is 0 Å². The average molecular weight is 271 g/mol. The third-order valence-corrected chi connectivity index (χ3v) is 0. The summed E-state index contributed by atoms with van der Waals surface area (Å²) in [5.74, 6) is 0. The van der Waals surface area contributed by atoms with Crippen LogP contribution in [0.25, 0.3) is 0 Å². The van der Waals surface area contributed by atoms with Gasteiger partial charge in [-0.15, -0.1) is 0 Å². The SMILES string of the molecule is [Ac].[CH2-]NC. The summed E-state index contributed by atoms with van der Waals surface area (Å²) in [4.78, 5) is 0. The standard InChI is InChI=1S/C2H6N.Ac/c1-3-2;/h3H,1H2,2H3;/q-1;. The van der Waals surface area contributed by atoms with Crippen LogP contribution in [0.3, 0.4) is 0 Å². The van der Waals surface area contributed by atoms with Gasteiger partial charge in [0.25, 0.3) is 0 Å². The minimum absolute atomic E-state index is 0. The van der Waals surface area contributed by atoms with Crippen molar-refractivity contribution < 1.29 is 44.1 Å². The molecule has 1 nitrogen and oxygen atoms in total. The van der Waals surface area contributed by atoms with Crippen LogP contribution in [0.15, 0.2) is 0 Å². The number of hydrogen-bond donors (Lipinski definition) is 1. The van der Waals surface area contributed by atoms with E-state index < -0.39 is 0 Å². The zero-order chi connectivity index (χ0) is 2.71. The Balaban J connectivity index is 0. The Bertz CT molecular complexity index is 6.00. The van der Waals surface area contributed by atoms with Crippen LogP contribution >= 0.6 is 0 Å². The molecule has 0 aromatic heterocycles. The maximum atomic E-state index is 3.24. The molecular weight excluding hydrogens is 265 g/mol. The molecule has 0 aliphatic rings. The predicted octanol–water partition coefficient (Wildman–Crippen LogP) is -0.00261. The molecule has 0 heterocycles. The largest absolute Gasteiger partial charge is 0.475 e. The van der Waals surface area contributed by atoms with Crippen LogP contribution < -0.4 is 5.32 Å². The van der Waals surface area contributed by atoms with E-state index in [9.17, 15) is 0 Å². The maximum absolute atomic E-state index is 3.24. The molecule has 1 radical (unpaired) electrons. The molecule has 0 aromatic carbocycles. The van der Waals surface area contributed by atoms with Gasteiger partial charge in [0.2, 0.25) is 0 Å². The van der Waals surface area contributed by atoms with Gasteiger partial charge in [0.05, 0.1) is 0 Å². The first kappa shape index (κ1) is 9.04. The van der Waals surface area contributed by atoms with Crippen LogP contribution in [-0.4, -0.2) is 7.05 Å². The summed E-state index contributed by atoms with van der Waals surface area (Å²) in [5.41, 5.74) is 0. The molecule has 0 atom stereocenters. The molecule has 2 heteroatoms. The van der Waals surface area contributed by atoms with E-state index in [1.165, 1.54) is 0 Å². The second-order valence-corrected chi connectivity index (χ2v) is 0.354. The minimum Gasteiger partial charge on any atom is -0.475 e. The van der Waals surface area contributed by atoms with Gasteiger partial charge in [-0.1, -0.05) is 0 Å². The fourth-order valence-corrected chi connectivity index (χ4v) is 0. The second-order valence-electron chi connectivity index (χ2n) is 0.354. The normalized spacial score (nSPS) is 4.50. The van der Waals surface area contributed by atoms with E-state index in [0.29, 0.717) is 0 Å². The Morgan fingerprint density at radius 2 is 1.75 bits per heavy atom. The van der Waals surface area contributed by atoms with Gasteiger partial charge in [-0.3, -0.25) is 7.05 Å². The molecule has 0 aromatic rings. The van der Waals surface area contributed by atoms with Crippen molar-refractivity contribution in [3.05, 3.63) is 7.05 Å². The molecule has 4 heavy (non-hydrogen) atoms. The molecule has 0 aliphatic carbocycles. The summed E-state index contributed by atoms with van der Waals surface area (Å²) in [6.07, 6.45) is 0. The quantitative estimate of drug-likeness (QED) is 0.611. The molecule has 0 aliphatic heterocycles. The molecule has 0 spiro atoms. The van der Waals surface area contributed by atoms with Crippen LogP contribution in [0.2, 0.25) is 0 Å². The molecular formula is C2H6AcN-. The molecule has 0 saturated heterocycles. The topological polar surface area (TPSA) is 12.0 Å². The number of rotatable bonds is 0. The number of nitrogens with one attached hydrogen (secondary N) is 1. The van der Waals surface area contributed by atoms with Gasteiger partial charge >= 0.3 is 0 Å². The van der Waals surface area contributed by atoms with Crippen LogP contribution in [0.4, 0.5) is 0 Å². The third-order valence-electron chi connectivity index (χ3n) is 0. The van der Waals surface area contributed by atoms with Gasteiger partial charge < -0.3 is 5.32 Å². The second kappa shape index (κ2) is 8.83. The summed E-state index contributed by atoms with van der Waals surface area (Å²) in [5, 5.41) is 2.50. The molecule has 0 fully saturated rings. The van der Waals surface area contributed by atoms with Crippen molar-refractivity contribution in [3.8, 4) is 0 Å². The zero-order valence-electron chi connectivity index (χ0n) is 2.78. The average Bonchev–Trinajstić information content (AvgIpc) is 0.918. The van der Waals surface area contributed by atoms with E-state index >= 15 is 0 Å². The molecule has 0 bridgehead atoms. The molecule has 0 unspecified atom stereocenters. The van der Waals surface area contributed by atoms with Crippen molar-refractivity contribution in [1.29, 1.82) is 0 Å². The summed E-state index contributed by atoms with van der Waals surface area (Å²) in [6.45, 7) is 0. The fourth-order valence-electron chi connectivity index (χ4n) is 0. The Labute approximate surface area is 62.7 Å². The Morgan fingerprint density at radius 1 is 1.75 bits per heavy atom. The smallest absolute Gasteiger partial charge is 0 e. The van der Waals surface area contributed by atoms with Crippen LogP contribution in [0, 0.1) is 51.1 Å². The van der Waals surface area contributed by atoms with Crippen molar-refractivity contribution in [3.63, 3.8) is 0 Å². The Hall–Kier alpha value is 1.40. The first-order valence-corrected chi connectivity index (χ1v) is 0.854. The maximum Gasteiger partial charge on any atom is 0 e. The summed E-state index contributed by atoms with van der Waals surface area (Å²) >= 11 is 0. The summed E-state index contributed by atoms with van der Waals surface area (Å²) in [7, 11) is 5.00. The summed E-state index contributed by atoms with van der Waals surface area (Å²) < 4.78 is 0. The minimum atomic E-state index is 0. The van der Waals surface area contributed by atoms with Gasteiger partial charge in [-0.25, -0.2) is 0 Å². The van der Waals surface area contributed by atoms with E-state index in [0.717, 1.165) is 0 Å². The number of hydrogen-bond acceptors (Lipinski definition) is 1. The third kappa shape index (κ3) is 9.99. The van der Waals surface area contributed by atoms with Crippen molar-refractivity contribution in [2.45, 2.75) is 0 Å². The zero-order valence-corrected chi connectivity index (χ0v) is 7.53. The van der Waals surface area contributed by atoms with Gasteiger partial charge in [0.15, 0.2) is 0 Å². The monoisotopic (exact) mass is 271 g/mol. The predicted molar refractivity (Wildman–Crippen MR) is 14.4 cm³/mol. The van der Waals surface area contributed by atoms with E-state index in [4.69, 9.17) is 0 Å². The molecule has 0 rings (SSSR count). The molecule has 0 amide bonds. The molecule has 1 N–H and O–H groups in total. The Kier molecular flexibility index (Phi) is 20.0. The fraction of sp³-hybridized carbons (Fsp3) is 0.500. The first-order chi connectivity index (χ1) is 1.41. The van der Waals surface area contributed by atoms with Gasteiger partial charge in [0.1, 0.15) is 0 Å². The van der Waals surface area contributed by atoms with Gasteiger partial charge in [-0.2, -0.15) is 0 Å². The van der Waals surface area contributed by atoms with E-state index in [2.05, 4.69) is 12.4 Å². The van der Waals surface area contributed by atoms with Crippen LogP contribution in [0.1, 0.15) is 0 Å². The van der Waals surface area contributed by atoms with Crippen molar-refractivity contribution in [2.75, 3.05) is 7.05 Å². The molecule has 23 valence electrons. The van der Waals surface area contributed by atoms with Gasteiger partial charge in [0, 0.05) is 44.1 Å². The van der Waals surface area contributed by atoms with E-state index in [-0.39, 0.29) is 44.1 Å². The summed E-state index contributed by atoms with van der Waals surface area (Å²) in [6, 6.07) is 0. The van der Waals surface area contributed by atoms with Crippen molar-refractivity contribution in [2.24, 2.45) is 0 Å². The van der Waals surface area contributed by atoms with Crippen molar-refractivity contribution in [1.82, 2.24) is 5.32 Å². The van der Waals surface area contributed by atoms with E-state index in [1.54, 1.807) is 7.05 Å². The first-order valence-electron chi connectivity index (χ1n) is 0.854. The molecule has 0 saturated carbocycles. The van der Waals surface area contributed by atoms with E-state index in [1.807, 2.05) is 0 Å². The van der Waals surface area contributed by atoms with Gasteiger partial charge in [-0.05, 0) is 7.05 Å². The Morgan fingerprint density at radius 3 is 1.75 bits per heavy atom.